The van der Waals surface area contributed by atoms with Crippen molar-refractivity contribution in [2.24, 2.45) is 5.92 Å². The lowest BCUT2D eigenvalue weighted by Crippen LogP contribution is -2.44. The number of piperidine rings is 1. The second-order valence-corrected chi connectivity index (χ2v) is 11.8. The third kappa shape index (κ3) is 6.58. The van der Waals surface area contributed by atoms with Crippen molar-refractivity contribution in [3.8, 4) is 0 Å². The highest BCUT2D eigenvalue weighted by Crippen LogP contribution is 2.29. The van der Waals surface area contributed by atoms with Crippen LogP contribution in [0.2, 0.25) is 10.0 Å². The van der Waals surface area contributed by atoms with E-state index in [1.165, 1.54) is 4.31 Å². The summed E-state index contributed by atoms with van der Waals surface area (Å²) in [5, 5.41) is 6.27. The molecule has 0 aromatic heterocycles. The molecule has 2 N–H and O–H groups in total. The van der Waals surface area contributed by atoms with Gasteiger partial charge in [0.1, 0.15) is 0 Å². The van der Waals surface area contributed by atoms with E-state index in [2.05, 4.69) is 10.6 Å². The molecule has 2 amide bonds. The largest absolute Gasteiger partial charge is 0.376 e. The molecule has 0 bridgehead atoms. The number of amides is 2. The number of halogens is 2. The van der Waals surface area contributed by atoms with Crippen molar-refractivity contribution in [3.05, 3.63) is 63.6 Å². The molecule has 0 saturated carbocycles. The second-order valence-electron chi connectivity index (χ2n) is 9.03. The van der Waals surface area contributed by atoms with Gasteiger partial charge in [0.05, 0.1) is 29.0 Å². The van der Waals surface area contributed by atoms with Crippen LogP contribution in [-0.4, -0.2) is 56.9 Å². The molecule has 36 heavy (non-hydrogen) atoms. The molecule has 2 aromatic rings. The number of nitrogens with one attached hydrogen (secondary N) is 2. The molecule has 8 nitrogen and oxygen atoms in total. The van der Waals surface area contributed by atoms with Crippen LogP contribution >= 0.6 is 23.2 Å². The van der Waals surface area contributed by atoms with Crippen LogP contribution in [0.4, 0.5) is 5.69 Å². The highest BCUT2D eigenvalue weighted by Gasteiger charge is 2.33. The van der Waals surface area contributed by atoms with Crippen LogP contribution in [-0.2, 0) is 25.3 Å². The minimum absolute atomic E-state index is 0.00604. The number of carbonyl (C=O) groups excluding carboxylic acids is 2. The Kier molecular flexibility index (Phi) is 8.90. The molecule has 11 heteroatoms. The maximum atomic E-state index is 13.1. The predicted molar refractivity (Wildman–Crippen MR) is 140 cm³/mol. The van der Waals surface area contributed by atoms with Crippen molar-refractivity contribution in [1.29, 1.82) is 0 Å². The minimum Gasteiger partial charge on any atom is -0.376 e. The smallest absolute Gasteiger partial charge is 0.253 e. The summed E-state index contributed by atoms with van der Waals surface area (Å²) < 4.78 is 33.1. The minimum atomic E-state index is -3.75. The van der Waals surface area contributed by atoms with Gasteiger partial charge in [-0.15, -0.1) is 0 Å². The average molecular weight is 554 g/mol. The van der Waals surface area contributed by atoms with Crippen molar-refractivity contribution in [1.82, 2.24) is 9.62 Å². The SMILES string of the molecule is O=C(NC[C@@H]1CCCO1)c1ccccc1NC(=O)[C@@H]1CCCN(S(=O)(=O)Cc2c(Cl)cccc2Cl)C1. The molecule has 194 valence electrons. The molecule has 0 radical (unpaired) electrons. The Hall–Kier alpha value is -2.17. The van der Waals surface area contributed by atoms with Crippen molar-refractivity contribution in [3.63, 3.8) is 0 Å². The Morgan fingerprint density at radius 1 is 1.03 bits per heavy atom. The van der Waals surface area contributed by atoms with Crippen LogP contribution < -0.4 is 10.6 Å². The Morgan fingerprint density at radius 3 is 2.50 bits per heavy atom. The summed E-state index contributed by atoms with van der Waals surface area (Å²) in [6, 6.07) is 11.6. The molecule has 2 aromatic carbocycles. The van der Waals surface area contributed by atoms with Gasteiger partial charge in [-0.1, -0.05) is 41.4 Å². The monoisotopic (exact) mass is 553 g/mol. The van der Waals surface area contributed by atoms with Gasteiger partial charge in [0.25, 0.3) is 5.91 Å². The number of ether oxygens (including phenoxy) is 1. The first-order valence-electron chi connectivity index (χ1n) is 11.9. The van der Waals surface area contributed by atoms with Crippen LogP contribution in [0.3, 0.4) is 0 Å². The molecular weight excluding hydrogens is 525 g/mol. The van der Waals surface area contributed by atoms with E-state index in [1.807, 2.05) is 0 Å². The van der Waals surface area contributed by atoms with E-state index in [-0.39, 0.29) is 40.3 Å². The van der Waals surface area contributed by atoms with Gasteiger partial charge in [-0.25, -0.2) is 12.7 Å². The Bertz CT molecular complexity index is 1200. The van der Waals surface area contributed by atoms with E-state index in [0.29, 0.717) is 49.4 Å². The number of rotatable bonds is 8. The van der Waals surface area contributed by atoms with E-state index >= 15 is 0 Å². The van der Waals surface area contributed by atoms with Crippen molar-refractivity contribution < 1.29 is 22.7 Å². The van der Waals surface area contributed by atoms with Gasteiger partial charge in [0, 0.05) is 41.8 Å². The maximum Gasteiger partial charge on any atom is 0.253 e. The topological polar surface area (TPSA) is 105 Å². The zero-order valence-electron chi connectivity index (χ0n) is 19.7. The fraction of sp³-hybridized carbons (Fsp3) is 0.440. The molecule has 2 fully saturated rings. The van der Waals surface area contributed by atoms with E-state index in [9.17, 15) is 18.0 Å². The summed E-state index contributed by atoms with van der Waals surface area (Å²) in [5.41, 5.74) is 1.07. The summed E-state index contributed by atoms with van der Waals surface area (Å²) in [6.45, 7) is 1.47. The van der Waals surface area contributed by atoms with Crippen LogP contribution in [0.5, 0.6) is 0 Å². The van der Waals surface area contributed by atoms with E-state index in [1.54, 1.807) is 42.5 Å². The van der Waals surface area contributed by atoms with Crippen molar-refractivity contribution in [2.75, 3.05) is 31.6 Å². The number of para-hydroxylation sites is 1. The number of sulfonamides is 1. The highest BCUT2D eigenvalue weighted by atomic mass is 35.5. The lowest BCUT2D eigenvalue weighted by molar-refractivity contribution is -0.120. The molecule has 2 atom stereocenters. The molecule has 2 aliphatic heterocycles. The quantitative estimate of drug-likeness (QED) is 0.512. The van der Waals surface area contributed by atoms with Crippen molar-refractivity contribution in [2.45, 2.75) is 37.5 Å². The lowest BCUT2D eigenvalue weighted by Gasteiger charge is -2.31. The van der Waals surface area contributed by atoms with Gasteiger partial charge in [-0.05, 0) is 49.9 Å². The first-order valence-corrected chi connectivity index (χ1v) is 14.3. The van der Waals surface area contributed by atoms with Gasteiger partial charge < -0.3 is 15.4 Å². The zero-order valence-corrected chi connectivity index (χ0v) is 22.0. The van der Waals surface area contributed by atoms with Gasteiger partial charge in [0.15, 0.2) is 0 Å². The van der Waals surface area contributed by atoms with Gasteiger partial charge in [-0.2, -0.15) is 0 Å². The van der Waals surface area contributed by atoms with E-state index < -0.39 is 15.9 Å². The number of carbonyl (C=O) groups is 2. The fourth-order valence-corrected chi connectivity index (χ4v) is 6.85. The Balaban J connectivity index is 1.40. The number of benzene rings is 2. The summed E-state index contributed by atoms with van der Waals surface area (Å²) in [7, 11) is -3.75. The molecule has 2 aliphatic rings. The maximum absolute atomic E-state index is 13.1. The average Bonchev–Trinajstić information content (AvgIpc) is 3.39. The normalized spacial score (nSPS) is 20.7. The van der Waals surface area contributed by atoms with Crippen LogP contribution in [0.25, 0.3) is 0 Å². The Morgan fingerprint density at radius 2 is 1.78 bits per heavy atom. The fourth-order valence-electron chi connectivity index (χ4n) is 4.48. The highest BCUT2D eigenvalue weighted by molar-refractivity contribution is 7.88. The van der Waals surface area contributed by atoms with Gasteiger partial charge >= 0.3 is 0 Å². The van der Waals surface area contributed by atoms with Crippen LogP contribution in [0.1, 0.15) is 41.6 Å². The second kappa shape index (κ2) is 11.9. The predicted octanol–water partition coefficient (Wildman–Crippen LogP) is 4.08. The molecule has 2 heterocycles. The summed E-state index contributed by atoms with van der Waals surface area (Å²) in [4.78, 5) is 25.9. The number of hydrogen-bond donors (Lipinski definition) is 2. The third-order valence-electron chi connectivity index (χ3n) is 6.48. The van der Waals surface area contributed by atoms with Crippen molar-refractivity contribution >= 4 is 50.7 Å². The summed E-state index contributed by atoms with van der Waals surface area (Å²) >= 11 is 12.3. The van der Waals surface area contributed by atoms with Crippen LogP contribution in [0.15, 0.2) is 42.5 Å². The molecule has 0 spiro atoms. The Labute approximate surface area is 221 Å². The molecular formula is C25H29Cl2N3O5S. The third-order valence-corrected chi connectivity index (χ3v) is 8.96. The molecule has 4 rings (SSSR count). The summed E-state index contributed by atoms with van der Waals surface area (Å²) in [6.07, 6.45) is 2.97. The van der Waals surface area contributed by atoms with E-state index in [4.69, 9.17) is 27.9 Å². The lowest BCUT2D eigenvalue weighted by atomic mass is 9.98. The zero-order chi connectivity index (χ0) is 25.7. The van der Waals surface area contributed by atoms with Gasteiger partial charge in [0.2, 0.25) is 15.9 Å². The molecule has 0 aliphatic carbocycles. The molecule has 2 saturated heterocycles. The number of nitrogens with zero attached hydrogens (tertiary/aromatic N) is 1. The summed E-state index contributed by atoms with van der Waals surface area (Å²) in [5.74, 6) is -1.53. The standard InChI is InChI=1S/C25H29Cl2N3O5S/c26-21-9-3-10-22(27)20(21)16-36(33,34)30-12-4-6-17(15-30)24(31)29-23-11-2-1-8-19(23)25(32)28-14-18-7-5-13-35-18/h1-3,8-11,17-18H,4-7,12-16H2,(H,28,32)(H,29,31)/t17-,18+/m1/s1. The number of hydrogen-bond acceptors (Lipinski definition) is 5. The first kappa shape index (κ1) is 26.9. The van der Waals surface area contributed by atoms with E-state index in [0.717, 1.165) is 12.8 Å². The first-order chi connectivity index (χ1) is 17.2. The van der Waals surface area contributed by atoms with Crippen LogP contribution in [0, 0.1) is 5.92 Å². The number of anilines is 1. The van der Waals surface area contributed by atoms with Gasteiger partial charge in [-0.3, -0.25) is 9.59 Å². The molecule has 0 unspecified atom stereocenters.